The maximum absolute atomic E-state index is 11.1. The number of carbonyl (C=O) groups excluding carboxylic acids is 1. The highest BCUT2D eigenvalue weighted by atomic mass is 16.1. The zero-order valence-electron chi connectivity index (χ0n) is 12.7. The van der Waals surface area contributed by atoms with Gasteiger partial charge in [0.05, 0.1) is 5.54 Å². The highest BCUT2D eigenvalue weighted by molar-refractivity contribution is 5.83. The molecule has 4 heteroatoms. The van der Waals surface area contributed by atoms with Crippen LogP contribution < -0.4 is 11.5 Å². The average molecular weight is 269 g/mol. The lowest BCUT2D eigenvalue weighted by atomic mass is 9.95. The van der Waals surface area contributed by atoms with Gasteiger partial charge in [-0.3, -0.25) is 4.79 Å². The Bertz CT molecular complexity index is 279. The molecule has 0 aromatic rings. The third kappa shape index (κ3) is 5.91. The molecule has 2 atom stereocenters. The smallest absolute Gasteiger partial charge is 0.237 e. The number of amides is 1. The minimum absolute atomic E-state index is 0.395. The van der Waals surface area contributed by atoms with Crippen LogP contribution in [-0.4, -0.2) is 36.0 Å². The number of primary amides is 1. The van der Waals surface area contributed by atoms with Crippen LogP contribution in [0.15, 0.2) is 0 Å². The lowest BCUT2D eigenvalue weighted by molar-refractivity contribution is -0.122. The molecule has 1 aliphatic heterocycles. The molecule has 1 fully saturated rings. The fraction of sp³-hybridized carbons (Fsp3) is 0.933. The van der Waals surface area contributed by atoms with Gasteiger partial charge in [-0.1, -0.05) is 13.3 Å². The minimum atomic E-state index is -0.841. The first-order valence-electron chi connectivity index (χ1n) is 7.77. The Morgan fingerprint density at radius 3 is 2.68 bits per heavy atom. The molecular formula is C15H31N3O. The first-order chi connectivity index (χ1) is 8.95. The van der Waals surface area contributed by atoms with Crippen molar-refractivity contribution in [3.8, 4) is 0 Å². The Kier molecular flexibility index (Phi) is 6.80. The SMILES string of the molecule is CCC1CCCN(CCCCC(C)(N)C(N)=O)CC1. The van der Waals surface area contributed by atoms with Gasteiger partial charge < -0.3 is 16.4 Å². The normalized spacial score (nSPS) is 24.7. The van der Waals surface area contributed by atoms with E-state index < -0.39 is 11.4 Å². The Morgan fingerprint density at radius 2 is 2.05 bits per heavy atom. The summed E-state index contributed by atoms with van der Waals surface area (Å²) in [6.45, 7) is 7.62. The molecule has 19 heavy (non-hydrogen) atoms. The van der Waals surface area contributed by atoms with Gasteiger partial charge in [-0.25, -0.2) is 0 Å². The number of nitrogens with zero attached hydrogens (tertiary/aromatic N) is 1. The quantitative estimate of drug-likeness (QED) is 0.693. The number of hydrogen-bond acceptors (Lipinski definition) is 3. The largest absolute Gasteiger partial charge is 0.368 e. The number of rotatable bonds is 7. The van der Waals surface area contributed by atoms with Gasteiger partial charge in [0, 0.05) is 0 Å². The summed E-state index contributed by atoms with van der Waals surface area (Å²) in [4.78, 5) is 13.7. The van der Waals surface area contributed by atoms with Crippen LogP contribution in [0.25, 0.3) is 0 Å². The molecule has 0 spiro atoms. The summed E-state index contributed by atoms with van der Waals surface area (Å²) in [6.07, 6.45) is 8.14. The lowest BCUT2D eigenvalue weighted by Gasteiger charge is -2.23. The first kappa shape index (κ1) is 16.4. The van der Waals surface area contributed by atoms with E-state index in [1.807, 2.05) is 0 Å². The summed E-state index contributed by atoms with van der Waals surface area (Å²) in [5.74, 6) is 0.528. The Labute approximate surface area is 117 Å². The van der Waals surface area contributed by atoms with E-state index in [-0.39, 0.29) is 0 Å². The number of likely N-dealkylation sites (tertiary alicyclic amines) is 1. The molecule has 0 aliphatic carbocycles. The fourth-order valence-corrected chi connectivity index (χ4v) is 2.81. The van der Waals surface area contributed by atoms with E-state index in [0.29, 0.717) is 6.42 Å². The lowest BCUT2D eigenvalue weighted by Crippen LogP contribution is -2.49. The number of nitrogens with two attached hydrogens (primary N) is 2. The van der Waals surface area contributed by atoms with E-state index in [0.717, 1.165) is 25.3 Å². The summed E-state index contributed by atoms with van der Waals surface area (Å²) in [5.41, 5.74) is 10.3. The molecule has 0 saturated carbocycles. The molecular weight excluding hydrogens is 238 g/mol. The second-order valence-corrected chi connectivity index (χ2v) is 6.29. The van der Waals surface area contributed by atoms with Crippen LogP contribution in [0.5, 0.6) is 0 Å². The van der Waals surface area contributed by atoms with Crippen molar-refractivity contribution in [1.82, 2.24) is 4.90 Å². The van der Waals surface area contributed by atoms with Crippen LogP contribution >= 0.6 is 0 Å². The second-order valence-electron chi connectivity index (χ2n) is 6.29. The van der Waals surface area contributed by atoms with E-state index in [2.05, 4.69) is 11.8 Å². The van der Waals surface area contributed by atoms with Crippen molar-refractivity contribution in [2.45, 2.75) is 64.3 Å². The molecule has 1 aliphatic rings. The van der Waals surface area contributed by atoms with Crippen molar-refractivity contribution < 1.29 is 4.79 Å². The molecule has 1 amide bonds. The van der Waals surface area contributed by atoms with Crippen molar-refractivity contribution >= 4 is 5.91 Å². The summed E-state index contributed by atoms with van der Waals surface area (Å²) in [6, 6.07) is 0. The first-order valence-corrected chi connectivity index (χ1v) is 7.77. The van der Waals surface area contributed by atoms with E-state index in [1.165, 1.54) is 38.8 Å². The molecule has 1 rings (SSSR count). The van der Waals surface area contributed by atoms with E-state index in [4.69, 9.17) is 11.5 Å². The maximum Gasteiger partial charge on any atom is 0.237 e. The topological polar surface area (TPSA) is 72.3 Å². The maximum atomic E-state index is 11.1. The third-order valence-electron chi connectivity index (χ3n) is 4.50. The Hall–Kier alpha value is -0.610. The summed E-state index contributed by atoms with van der Waals surface area (Å²) in [5, 5.41) is 0. The molecule has 0 aromatic heterocycles. The van der Waals surface area contributed by atoms with E-state index >= 15 is 0 Å². The second kappa shape index (κ2) is 7.85. The van der Waals surface area contributed by atoms with Crippen LogP contribution in [-0.2, 0) is 4.79 Å². The summed E-state index contributed by atoms with van der Waals surface area (Å²) < 4.78 is 0. The van der Waals surface area contributed by atoms with Crippen molar-refractivity contribution in [3.63, 3.8) is 0 Å². The van der Waals surface area contributed by atoms with E-state index in [1.54, 1.807) is 6.92 Å². The van der Waals surface area contributed by atoms with Crippen LogP contribution in [0, 0.1) is 5.92 Å². The van der Waals surface area contributed by atoms with Crippen LogP contribution in [0.4, 0.5) is 0 Å². The standard InChI is InChI=1S/C15H31N3O/c1-3-13-7-6-11-18(12-8-13)10-5-4-9-15(2,17)14(16)19/h13H,3-12,17H2,1-2H3,(H2,16,19). The van der Waals surface area contributed by atoms with Crippen molar-refractivity contribution in [1.29, 1.82) is 0 Å². The number of unbranched alkanes of at least 4 members (excludes halogenated alkanes) is 1. The van der Waals surface area contributed by atoms with Crippen molar-refractivity contribution in [2.75, 3.05) is 19.6 Å². The van der Waals surface area contributed by atoms with Gasteiger partial charge in [0.15, 0.2) is 0 Å². The van der Waals surface area contributed by atoms with Gasteiger partial charge in [-0.2, -0.15) is 0 Å². The predicted molar refractivity (Wildman–Crippen MR) is 79.7 cm³/mol. The predicted octanol–water partition coefficient (Wildman–Crippen LogP) is 1.87. The zero-order valence-corrected chi connectivity index (χ0v) is 12.7. The van der Waals surface area contributed by atoms with Gasteiger partial charge in [0.2, 0.25) is 5.91 Å². The van der Waals surface area contributed by atoms with Crippen LogP contribution in [0.3, 0.4) is 0 Å². The fourth-order valence-electron chi connectivity index (χ4n) is 2.81. The minimum Gasteiger partial charge on any atom is -0.368 e. The van der Waals surface area contributed by atoms with Gasteiger partial charge in [-0.05, 0) is 71.0 Å². The van der Waals surface area contributed by atoms with Gasteiger partial charge in [0.1, 0.15) is 0 Å². The zero-order chi connectivity index (χ0) is 14.3. The van der Waals surface area contributed by atoms with E-state index in [9.17, 15) is 4.79 Å². The molecule has 4 N–H and O–H groups in total. The van der Waals surface area contributed by atoms with Crippen molar-refractivity contribution in [3.05, 3.63) is 0 Å². The van der Waals surface area contributed by atoms with Gasteiger partial charge in [-0.15, -0.1) is 0 Å². The summed E-state index contributed by atoms with van der Waals surface area (Å²) in [7, 11) is 0. The molecule has 4 nitrogen and oxygen atoms in total. The molecule has 1 heterocycles. The highest BCUT2D eigenvalue weighted by Crippen LogP contribution is 2.20. The summed E-state index contributed by atoms with van der Waals surface area (Å²) >= 11 is 0. The van der Waals surface area contributed by atoms with Gasteiger partial charge >= 0.3 is 0 Å². The monoisotopic (exact) mass is 269 g/mol. The van der Waals surface area contributed by atoms with Crippen molar-refractivity contribution in [2.24, 2.45) is 17.4 Å². The Balaban J connectivity index is 2.17. The molecule has 112 valence electrons. The molecule has 0 bridgehead atoms. The number of hydrogen-bond donors (Lipinski definition) is 2. The highest BCUT2D eigenvalue weighted by Gasteiger charge is 2.24. The Morgan fingerprint density at radius 1 is 1.32 bits per heavy atom. The number of carbonyl (C=O) groups is 1. The molecule has 1 saturated heterocycles. The third-order valence-corrected chi connectivity index (χ3v) is 4.50. The molecule has 2 unspecified atom stereocenters. The molecule has 0 aromatic carbocycles. The van der Waals surface area contributed by atoms with Gasteiger partial charge in [0.25, 0.3) is 0 Å². The van der Waals surface area contributed by atoms with Crippen LogP contribution in [0.2, 0.25) is 0 Å². The molecule has 0 radical (unpaired) electrons. The average Bonchev–Trinajstić information content (AvgIpc) is 2.59. The van der Waals surface area contributed by atoms with Crippen LogP contribution in [0.1, 0.15) is 58.8 Å².